The molecule has 0 aliphatic heterocycles. The lowest BCUT2D eigenvalue weighted by molar-refractivity contribution is 0.415. The Labute approximate surface area is 204 Å². The van der Waals surface area contributed by atoms with E-state index in [0.717, 1.165) is 17.2 Å². The molecule has 0 spiro atoms. The molecule has 0 radical (unpaired) electrons. The fraction of sp³-hybridized carbons (Fsp3) is 0.0625. The van der Waals surface area contributed by atoms with Crippen LogP contribution >= 0.6 is 0 Å². The zero-order valence-electron chi connectivity index (χ0n) is 19.7. The Hall–Kier alpha value is -4.50. The molecule has 35 heavy (non-hydrogen) atoms. The molecule has 0 atom stereocenters. The van der Waals surface area contributed by atoms with Gasteiger partial charge in [0.05, 0.1) is 25.3 Å². The maximum absolute atomic E-state index is 5.34. The van der Waals surface area contributed by atoms with Gasteiger partial charge in [0.15, 0.2) is 0 Å². The van der Waals surface area contributed by atoms with Crippen molar-refractivity contribution in [3.05, 3.63) is 115 Å². The second kappa shape index (κ2) is 8.69. The number of hydrogen-bond donors (Lipinski definition) is 0. The predicted octanol–water partition coefficient (Wildman–Crippen LogP) is 8.13. The van der Waals surface area contributed by atoms with Gasteiger partial charge in [-0.05, 0) is 82.9 Å². The molecule has 0 N–H and O–H groups in total. The number of fused-ring (bicyclic) bond motifs is 3. The molecule has 0 amide bonds. The number of aromatic nitrogens is 1. The molecule has 0 bridgehead atoms. The number of ether oxygens (including phenoxy) is 2. The molecule has 170 valence electrons. The van der Waals surface area contributed by atoms with E-state index in [1.54, 1.807) is 14.2 Å². The first-order valence-corrected chi connectivity index (χ1v) is 11.7. The van der Waals surface area contributed by atoms with Crippen molar-refractivity contribution in [1.82, 2.24) is 4.57 Å². The van der Waals surface area contributed by atoms with Crippen LogP contribution in [0, 0.1) is 0 Å². The summed E-state index contributed by atoms with van der Waals surface area (Å²) in [4.78, 5) is 0. The van der Waals surface area contributed by atoms with Crippen molar-refractivity contribution in [2.24, 2.45) is 0 Å². The summed E-state index contributed by atoms with van der Waals surface area (Å²) in [6, 6.07) is 40.5. The zero-order valence-corrected chi connectivity index (χ0v) is 19.7. The molecule has 0 saturated carbocycles. The highest BCUT2D eigenvalue weighted by Gasteiger charge is 2.14. The zero-order chi connectivity index (χ0) is 23.8. The van der Waals surface area contributed by atoms with Gasteiger partial charge in [0, 0.05) is 16.5 Å². The van der Waals surface area contributed by atoms with Gasteiger partial charge in [0.25, 0.3) is 0 Å². The van der Waals surface area contributed by atoms with E-state index in [1.165, 1.54) is 44.1 Å². The van der Waals surface area contributed by atoms with Gasteiger partial charge in [-0.25, -0.2) is 0 Å². The first-order chi connectivity index (χ1) is 17.2. The van der Waals surface area contributed by atoms with Crippen LogP contribution in [0.3, 0.4) is 0 Å². The van der Waals surface area contributed by atoms with E-state index in [0.29, 0.717) is 0 Å². The van der Waals surface area contributed by atoms with Crippen LogP contribution in [0.4, 0.5) is 0 Å². The Morgan fingerprint density at radius 3 is 1.31 bits per heavy atom. The van der Waals surface area contributed by atoms with E-state index in [1.807, 2.05) is 24.3 Å². The lowest BCUT2D eigenvalue weighted by Crippen LogP contribution is -1.93. The maximum Gasteiger partial charge on any atom is 0.118 e. The minimum atomic E-state index is 0.861. The van der Waals surface area contributed by atoms with Crippen molar-refractivity contribution < 1.29 is 9.47 Å². The lowest BCUT2D eigenvalue weighted by atomic mass is 10.00. The second-order valence-corrected chi connectivity index (χ2v) is 8.59. The molecule has 0 unspecified atom stereocenters. The van der Waals surface area contributed by atoms with E-state index in [2.05, 4.69) is 95.6 Å². The summed E-state index contributed by atoms with van der Waals surface area (Å²) >= 11 is 0. The first-order valence-electron chi connectivity index (χ1n) is 11.7. The van der Waals surface area contributed by atoms with E-state index < -0.39 is 0 Å². The fourth-order valence-corrected chi connectivity index (χ4v) is 4.80. The van der Waals surface area contributed by atoms with Gasteiger partial charge in [-0.3, -0.25) is 0 Å². The van der Waals surface area contributed by atoms with Gasteiger partial charge in [-0.15, -0.1) is 0 Å². The Bertz CT molecular complexity index is 1530. The van der Waals surface area contributed by atoms with Crippen LogP contribution in [0.25, 0.3) is 49.7 Å². The van der Waals surface area contributed by atoms with Gasteiger partial charge in [0.1, 0.15) is 11.5 Å². The summed E-state index contributed by atoms with van der Waals surface area (Å²) in [5.41, 5.74) is 8.23. The number of benzene rings is 5. The average Bonchev–Trinajstić information content (AvgIpc) is 3.26. The SMILES string of the molecule is COc1ccc(-c2ccc3c(c2)c2cc(-c4ccc(OC)cc4)ccc2n3-c2ccccc2)cc1. The van der Waals surface area contributed by atoms with Gasteiger partial charge in [0.2, 0.25) is 0 Å². The molecule has 0 saturated heterocycles. The standard InChI is InChI=1S/C32H25NO2/c1-34-27-14-8-22(9-15-27)24-12-18-31-29(20-24)30-21-25(23-10-16-28(35-2)17-11-23)13-19-32(30)33(31)26-6-4-3-5-7-26/h3-21H,1-2H3. The Morgan fingerprint density at radius 1 is 0.457 bits per heavy atom. The first kappa shape index (κ1) is 21.1. The quantitative estimate of drug-likeness (QED) is 0.262. The normalized spacial score (nSPS) is 11.1. The van der Waals surface area contributed by atoms with Crippen molar-refractivity contribution in [3.63, 3.8) is 0 Å². The average molecular weight is 456 g/mol. The molecule has 0 aliphatic rings. The highest BCUT2D eigenvalue weighted by atomic mass is 16.5. The third-order valence-corrected chi connectivity index (χ3v) is 6.63. The van der Waals surface area contributed by atoms with E-state index in [9.17, 15) is 0 Å². The van der Waals surface area contributed by atoms with Crippen molar-refractivity contribution >= 4 is 21.8 Å². The number of nitrogens with zero attached hydrogens (tertiary/aromatic N) is 1. The monoisotopic (exact) mass is 455 g/mol. The van der Waals surface area contributed by atoms with Crippen LogP contribution in [-0.4, -0.2) is 18.8 Å². The van der Waals surface area contributed by atoms with E-state index >= 15 is 0 Å². The summed E-state index contributed by atoms with van der Waals surface area (Å²) < 4.78 is 13.0. The van der Waals surface area contributed by atoms with Crippen LogP contribution in [0.5, 0.6) is 11.5 Å². The van der Waals surface area contributed by atoms with Crippen LogP contribution in [-0.2, 0) is 0 Å². The van der Waals surface area contributed by atoms with E-state index in [-0.39, 0.29) is 0 Å². The molecule has 6 aromatic rings. The molecule has 5 aromatic carbocycles. The van der Waals surface area contributed by atoms with Gasteiger partial charge < -0.3 is 14.0 Å². The second-order valence-electron chi connectivity index (χ2n) is 8.59. The summed E-state index contributed by atoms with van der Waals surface area (Å²) in [6.45, 7) is 0. The number of para-hydroxylation sites is 1. The van der Waals surface area contributed by atoms with Crippen LogP contribution in [0.15, 0.2) is 115 Å². The summed E-state index contributed by atoms with van der Waals surface area (Å²) in [5.74, 6) is 1.72. The summed E-state index contributed by atoms with van der Waals surface area (Å²) in [5, 5.41) is 2.46. The van der Waals surface area contributed by atoms with Gasteiger partial charge in [-0.2, -0.15) is 0 Å². The Morgan fingerprint density at radius 2 is 0.886 bits per heavy atom. The molecule has 0 aliphatic carbocycles. The molecule has 0 fully saturated rings. The Kier molecular flexibility index (Phi) is 5.23. The molecule has 6 rings (SSSR count). The van der Waals surface area contributed by atoms with Crippen molar-refractivity contribution in [2.75, 3.05) is 14.2 Å². The highest BCUT2D eigenvalue weighted by molar-refractivity contribution is 6.11. The number of hydrogen-bond acceptors (Lipinski definition) is 2. The molecule has 3 nitrogen and oxygen atoms in total. The smallest absolute Gasteiger partial charge is 0.118 e. The maximum atomic E-state index is 5.34. The molecular weight excluding hydrogens is 430 g/mol. The number of rotatable bonds is 5. The third kappa shape index (κ3) is 3.71. The van der Waals surface area contributed by atoms with Crippen LogP contribution in [0.1, 0.15) is 0 Å². The topological polar surface area (TPSA) is 23.4 Å². The van der Waals surface area contributed by atoms with Crippen molar-refractivity contribution in [3.8, 4) is 39.4 Å². The summed E-state index contributed by atoms with van der Waals surface area (Å²) in [6.07, 6.45) is 0. The van der Waals surface area contributed by atoms with Crippen LogP contribution in [0.2, 0.25) is 0 Å². The minimum absolute atomic E-state index is 0.861. The lowest BCUT2D eigenvalue weighted by Gasteiger charge is -2.09. The van der Waals surface area contributed by atoms with Crippen molar-refractivity contribution in [1.29, 1.82) is 0 Å². The van der Waals surface area contributed by atoms with Crippen LogP contribution < -0.4 is 9.47 Å². The van der Waals surface area contributed by atoms with E-state index in [4.69, 9.17) is 9.47 Å². The fourth-order valence-electron chi connectivity index (χ4n) is 4.80. The number of methoxy groups -OCH3 is 2. The minimum Gasteiger partial charge on any atom is -0.497 e. The molecule has 1 heterocycles. The third-order valence-electron chi connectivity index (χ3n) is 6.63. The largest absolute Gasteiger partial charge is 0.497 e. The molecular formula is C32H25NO2. The highest BCUT2D eigenvalue weighted by Crippen LogP contribution is 2.37. The molecule has 3 heteroatoms. The Balaban J connectivity index is 1.59. The molecule has 1 aromatic heterocycles. The van der Waals surface area contributed by atoms with Gasteiger partial charge in [-0.1, -0.05) is 54.6 Å². The van der Waals surface area contributed by atoms with Gasteiger partial charge >= 0.3 is 0 Å². The van der Waals surface area contributed by atoms with Crippen molar-refractivity contribution in [2.45, 2.75) is 0 Å². The predicted molar refractivity (Wildman–Crippen MR) is 145 cm³/mol. The summed E-state index contributed by atoms with van der Waals surface area (Å²) in [7, 11) is 3.39.